The summed E-state index contributed by atoms with van der Waals surface area (Å²) >= 11 is 2.00. The summed E-state index contributed by atoms with van der Waals surface area (Å²) in [5.41, 5.74) is 1.04. The summed E-state index contributed by atoms with van der Waals surface area (Å²) in [5, 5.41) is 0. The molecule has 0 aliphatic heterocycles. The SMILES string of the molecule is CC(C)(C)c1cccc(CCC=Nc2c(F)c(F)c(F)c(F)c2F)[c]1[Ti+2].[Cl-].[Cl-]. The number of hydrogen-bond acceptors (Lipinski definition) is 1. The monoisotopic (exact) mass is 472 g/mol. The molecule has 0 fully saturated rings. The van der Waals surface area contributed by atoms with Crippen molar-refractivity contribution in [2.75, 3.05) is 0 Å². The van der Waals surface area contributed by atoms with E-state index in [4.69, 9.17) is 0 Å². The molecule has 0 aromatic heterocycles. The van der Waals surface area contributed by atoms with E-state index in [-0.39, 0.29) is 30.2 Å². The zero-order valence-electron chi connectivity index (χ0n) is 15.3. The third kappa shape index (κ3) is 5.79. The second kappa shape index (κ2) is 10.7. The first-order chi connectivity index (χ1) is 12.1. The third-order valence-corrected chi connectivity index (χ3v) is 4.83. The molecule has 0 N–H and O–H groups in total. The van der Waals surface area contributed by atoms with Crippen LogP contribution in [0, 0.1) is 29.1 Å². The van der Waals surface area contributed by atoms with Crippen LogP contribution in [-0.4, -0.2) is 6.21 Å². The fourth-order valence-electron chi connectivity index (χ4n) is 2.52. The first-order valence-electron chi connectivity index (χ1n) is 7.93. The summed E-state index contributed by atoms with van der Waals surface area (Å²) in [5.74, 6) is -10.0. The normalized spacial score (nSPS) is 11.4. The average molecular weight is 473 g/mol. The van der Waals surface area contributed by atoms with Gasteiger partial charge in [-0.1, -0.05) is 0 Å². The fourth-order valence-corrected chi connectivity index (χ4v) is 3.56. The second-order valence-corrected chi connectivity index (χ2v) is 7.64. The summed E-state index contributed by atoms with van der Waals surface area (Å²) in [6, 6.07) is 5.92. The van der Waals surface area contributed by atoms with E-state index in [0.717, 1.165) is 9.43 Å². The maximum Gasteiger partial charge on any atom is -1.00 e. The molecule has 2 aromatic carbocycles. The van der Waals surface area contributed by atoms with Crippen molar-refractivity contribution in [3.8, 4) is 0 Å². The van der Waals surface area contributed by atoms with Gasteiger partial charge < -0.3 is 24.8 Å². The number of hydrogen-bond donors (Lipinski definition) is 0. The molecule has 0 spiro atoms. The van der Waals surface area contributed by atoms with Crippen LogP contribution in [0.1, 0.15) is 38.3 Å². The van der Waals surface area contributed by atoms with Crippen molar-refractivity contribution >= 4 is 15.8 Å². The summed E-state index contributed by atoms with van der Waals surface area (Å²) in [7, 11) is 0. The van der Waals surface area contributed by atoms with Gasteiger partial charge in [0.1, 0.15) is 0 Å². The van der Waals surface area contributed by atoms with Crippen molar-refractivity contribution in [3.63, 3.8) is 0 Å². The summed E-state index contributed by atoms with van der Waals surface area (Å²) < 4.78 is 67.6. The van der Waals surface area contributed by atoms with Crippen LogP contribution in [0.25, 0.3) is 0 Å². The Kier molecular flexibility index (Phi) is 10.4. The molecule has 9 heteroatoms. The van der Waals surface area contributed by atoms with Gasteiger partial charge in [-0.05, 0) is 0 Å². The van der Waals surface area contributed by atoms with Crippen LogP contribution in [0.3, 0.4) is 0 Å². The van der Waals surface area contributed by atoms with Crippen molar-refractivity contribution in [2.45, 2.75) is 39.0 Å². The summed E-state index contributed by atoms with van der Waals surface area (Å²) in [6.07, 6.45) is 2.00. The zero-order valence-corrected chi connectivity index (χ0v) is 18.4. The molecule has 0 atom stereocenters. The molecule has 0 heterocycles. The van der Waals surface area contributed by atoms with E-state index in [0.29, 0.717) is 12.8 Å². The van der Waals surface area contributed by atoms with Crippen LogP contribution in [0.2, 0.25) is 0 Å². The maximum absolute atomic E-state index is 13.6. The van der Waals surface area contributed by atoms with Gasteiger partial charge in [0.25, 0.3) is 0 Å². The van der Waals surface area contributed by atoms with Gasteiger partial charge in [-0.15, -0.1) is 0 Å². The predicted octanol–water partition coefficient (Wildman–Crippen LogP) is -0.805. The number of aliphatic imine (C=N–C) groups is 1. The van der Waals surface area contributed by atoms with Crippen LogP contribution < -0.4 is 28.7 Å². The van der Waals surface area contributed by atoms with Gasteiger partial charge in [0.05, 0.1) is 0 Å². The van der Waals surface area contributed by atoms with Crippen LogP contribution >= 0.6 is 0 Å². The Morgan fingerprint density at radius 2 is 1.39 bits per heavy atom. The molecule has 28 heavy (non-hydrogen) atoms. The van der Waals surface area contributed by atoms with Crippen molar-refractivity contribution in [3.05, 3.63) is 58.4 Å². The molecule has 0 aliphatic carbocycles. The first-order valence-corrected chi connectivity index (χ1v) is 8.71. The van der Waals surface area contributed by atoms with E-state index in [1.165, 1.54) is 11.8 Å². The molecular formula is C19H17Cl2F5NTi. The molecule has 151 valence electrons. The maximum atomic E-state index is 13.6. The Bertz CT molecular complexity index is 837. The number of nitrogens with zero attached hydrogens (tertiary/aromatic N) is 1. The van der Waals surface area contributed by atoms with Crippen LogP contribution in [0.4, 0.5) is 27.6 Å². The average Bonchev–Trinajstić information content (AvgIpc) is 2.57. The molecule has 0 saturated carbocycles. The number of halogens is 7. The summed E-state index contributed by atoms with van der Waals surface area (Å²) in [6.45, 7) is 6.30. The van der Waals surface area contributed by atoms with Crippen molar-refractivity contribution < 1.29 is 67.2 Å². The number of benzene rings is 2. The molecular weight excluding hydrogens is 456 g/mol. The quantitative estimate of drug-likeness (QED) is 0.181. The fraction of sp³-hybridized carbons (Fsp3) is 0.316. The smallest absolute Gasteiger partial charge is 1.00 e. The van der Waals surface area contributed by atoms with Gasteiger partial charge in [0, 0.05) is 0 Å². The van der Waals surface area contributed by atoms with Gasteiger partial charge in [0.2, 0.25) is 0 Å². The van der Waals surface area contributed by atoms with Crippen LogP contribution in [0.15, 0.2) is 23.2 Å². The third-order valence-electron chi connectivity index (χ3n) is 3.91. The molecule has 2 aromatic rings. The Morgan fingerprint density at radius 3 is 1.89 bits per heavy atom. The van der Waals surface area contributed by atoms with E-state index < -0.39 is 34.8 Å². The minimum atomic E-state index is -2.19. The van der Waals surface area contributed by atoms with Gasteiger partial charge in [0.15, 0.2) is 0 Å². The molecule has 1 nitrogen and oxygen atoms in total. The molecule has 0 amide bonds. The van der Waals surface area contributed by atoms with Crippen LogP contribution in [-0.2, 0) is 32.3 Å². The van der Waals surface area contributed by atoms with Gasteiger partial charge in [-0.25, -0.2) is 0 Å². The van der Waals surface area contributed by atoms with Gasteiger partial charge >= 0.3 is 161 Å². The van der Waals surface area contributed by atoms with Crippen molar-refractivity contribution in [2.24, 2.45) is 4.99 Å². The Hall–Kier alpha value is -0.946. The molecule has 0 aliphatic rings. The predicted molar refractivity (Wildman–Crippen MR) is 87.5 cm³/mol. The van der Waals surface area contributed by atoms with E-state index in [2.05, 4.69) is 25.8 Å². The molecule has 2 rings (SSSR count). The van der Waals surface area contributed by atoms with E-state index in [9.17, 15) is 22.0 Å². The van der Waals surface area contributed by atoms with Crippen molar-refractivity contribution in [1.29, 1.82) is 0 Å². The molecule has 0 radical (unpaired) electrons. The number of aryl methyl sites for hydroxylation is 1. The second-order valence-electron chi connectivity index (χ2n) is 6.86. The summed E-state index contributed by atoms with van der Waals surface area (Å²) in [4.78, 5) is 3.46. The Morgan fingerprint density at radius 1 is 0.893 bits per heavy atom. The minimum absolute atomic E-state index is 0. The molecule has 0 bridgehead atoms. The van der Waals surface area contributed by atoms with Gasteiger partial charge in [-0.2, -0.15) is 0 Å². The Labute approximate surface area is 185 Å². The van der Waals surface area contributed by atoms with Crippen LogP contribution in [0.5, 0.6) is 0 Å². The zero-order chi connectivity index (χ0) is 19.6. The standard InChI is InChI=1S/C19H17F5N.2ClH.Ti/c1-19(2,3)12-8-4-6-11(10-12)7-5-9-25-18-16(23)14(21)13(20)15(22)17(18)24;;;/h4,6,8-9H,5,7H2,1-3H3;2*1H;/q;;;+2/p-2. The molecule has 0 unspecified atom stereocenters. The van der Waals surface area contributed by atoms with E-state index in [1.54, 1.807) is 0 Å². The molecule has 0 saturated heterocycles. The Balaban J connectivity index is 0.00000364. The number of rotatable bonds is 4. The van der Waals surface area contributed by atoms with E-state index in [1.807, 2.05) is 38.6 Å². The van der Waals surface area contributed by atoms with Gasteiger partial charge in [-0.3, -0.25) is 0 Å². The largest absolute Gasteiger partial charge is 1.00 e. The first kappa shape index (κ1) is 27.1. The van der Waals surface area contributed by atoms with Crippen molar-refractivity contribution in [1.82, 2.24) is 0 Å². The minimum Gasteiger partial charge on any atom is -1.00 e. The topological polar surface area (TPSA) is 12.4 Å². The van der Waals surface area contributed by atoms with E-state index >= 15 is 0 Å².